The number of carbonyl (C=O) groups is 1. The molecule has 12 heavy (non-hydrogen) atoms. The molecule has 4 heteroatoms. The minimum absolute atomic E-state index is 0.173. The van der Waals surface area contributed by atoms with E-state index in [1.165, 1.54) is 0 Å². The number of carbonyl (C=O) groups excluding carboxylic acids is 1. The molecule has 1 aliphatic heterocycles. The Kier molecular flexibility index (Phi) is 2.32. The zero-order chi connectivity index (χ0) is 9.19. The molecule has 0 aromatic rings. The zero-order valence-corrected chi connectivity index (χ0v) is 6.52. The Labute approximate surface area is 69.5 Å². The summed E-state index contributed by atoms with van der Waals surface area (Å²) in [5.74, 6) is -0.666. The third-order valence-electron chi connectivity index (χ3n) is 1.68. The fourth-order valence-electron chi connectivity index (χ4n) is 1.03. The van der Waals surface area contributed by atoms with Gasteiger partial charge in [0, 0.05) is 12.8 Å². The van der Waals surface area contributed by atoms with Crippen LogP contribution in [0.5, 0.6) is 0 Å². The molecular formula is C8H9F2NO. The largest absolute Gasteiger partial charge is 0.330 e. The molecular weight excluding hydrogens is 164 g/mol. The highest BCUT2D eigenvalue weighted by Crippen LogP contribution is 2.26. The minimum atomic E-state index is -2.67. The average Bonchev–Trinajstić information content (AvgIpc) is 1.95. The number of rotatable bonds is 2. The lowest BCUT2D eigenvalue weighted by Gasteiger charge is -2.38. The zero-order valence-electron chi connectivity index (χ0n) is 6.52. The summed E-state index contributed by atoms with van der Waals surface area (Å²) < 4.78 is 24.5. The molecule has 66 valence electrons. The number of hydrogen-bond donors (Lipinski definition) is 0. The molecule has 0 aromatic carbocycles. The van der Waals surface area contributed by atoms with Crippen molar-refractivity contribution in [2.24, 2.45) is 0 Å². The SMILES string of the molecule is C#CCCC(=O)N1CC(F)(F)C1. The van der Waals surface area contributed by atoms with Gasteiger partial charge in [-0.1, -0.05) is 0 Å². The van der Waals surface area contributed by atoms with Gasteiger partial charge in [0.2, 0.25) is 5.91 Å². The minimum Gasteiger partial charge on any atom is -0.330 e. The highest BCUT2D eigenvalue weighted by atomic mass is 19.3. The molecule has 1 aliphatic rings. The number of terminal acetylenes is 1. The van der Waals surface area contributed by atoms with Crippen LogP contribution < -0.4 is 0 Å². The lowest BCUT2D eigenvalue weighted by Crippen LogP contribution is -2.58. The van der Waals surface area contributed by atoms with Crippen molar-refractivity contribution in [2.45, 2.75) is 18.8 Å². The van der Waals surface area contributed by atoms with E-state index in [-0.39, 0.29) is 12.3 Å². The van der Waals surface area contributed by atoms with Crippen molar-refractivity contribution >= 4 is 5.91 Å². The highest BCUT2D eigenvalue weighted by molar-refractivity contribution is 5.77. The van der Waals surface area contributed by atoms with Crippen LogP contribution in [0.2, 0.25) is 0 Å². The molecule has 0 bridgehead atoms. The normalized spacial score (nSPS) is 19.6. The number of hydrogen-bond acceptors (Lipinski definition) is 1. The molecule has 0 aromatic heterocycles. The summed E-state index contributed by atoms with van der Waals surface area (Å²) in [6.07, 6.45) is 5.41. The van der Waals surface area contributed by atoms with Gasteiger partial charge in [-0.25, -0.2) is 8.78 Å². The van der Waals surface area contributed by atoms with Crippen molar-refractivity contribution in [3.05, 3.63) is 0 Å². The van der Waals surface area contributed by atoms with Gasteiger partial charge < -0.3 is 4.90 Å². The van der Waals surface area contributed by atoms with Crippen LogP contribution in [0.1, 0.15) is 12.8 Å². The predicted molar refractivity (Wildman–Crippen MR) is 39.6 cm³/mol. The summed E-state index contributed by atoms with van der Waals surface area (Å²) in [7, 11) is 0. The van der Waals surface area contributed by atoms with Crippen LogP contribution in [0.15, 0.2) is 0 Å². The molecule has 1 heterocycles. The van der Waals surface area contributed by atoms with Gasteiger partial charge in [-0.3, -0.25) is 4.79 Å². The van der Waals surface area contributed by atoms with Crippen LogP contribution in [0, 0.1) is 12.3 Å². The summed E-state index contributed by atoms with van der Waals surface area (Å²) in [5, 5.41) is 0. The monoisotopic (exact) mass is 173 g/mol. The quantitative estimate of drug-likeness (QED) is 0.567. The molecule has 0 N–H and O–H groups in total. The molecule has 1 amide bonds. The van der Waals surface area contributed by atoms with E-state index in [1.54, 1.807) is 0 Å². The topological polar surface area (TPSA) is 20.3 Å². The van der Waals surface area contributed by atoms with Gasteiger partial charge in [-0.05, 0) is 0 Å². The first kappa shape index (κ1) is 8.98. The molecule has 2 nitrogen and oxygen atoms in total. The van der Waals surface area contributed by atoms with Gasteiger partial charge in [-0.15, -0.1) is 12.3 Å². The van der Waals surface area contributed by atoms with E-state index < -0.39 is 19.0 Å². The van der Waals surface area contributed by atoms with E-state index in [0.29, 0.717) is 6.42 Å². The second-order valence-corrected chi connectivity index (χ2v) is 2.81. The lowest BCUT2D eigenvalue weighted by molar-refractivity contribution is -0.165. The van der Waals surface area contributed by atoms with Crippen molar-refractivity contribution in [3.63, 3.8) is 0 Å². The second-order valence-electron chi connectivity index (χ2n) is 2.81. The van der Waals surface area contributed by atoms with Crippen molar-refractivity contribution in [2.75, 3.05) is 13.1 Å². The standard InChI is InChI=1S/C8H9F2NO/c1-2-3-4-7(12)11-5-8(9,10)6-11/h1H,3-6H2. The number of nitrogens with zero attached hydrogens (tertiary/aromatic N) is 1. The van der Waals surface area contributed by atoms with Crippen LogP contribution >= 0.6 is 0 Å². The fraction of sp³-hybridized carbons (Fsp3) is 0.625. The van der Waals surface area contributed by atoms with Crippen molar-refractivity contribution in [3.8, 4) is 12.3 Å². The van der Waals surface area contributed by atoms with E-state index in [1.807, 2.05) is 0 Å². The van der Waals surface area contributed by atoms with Crippen molar-refractivity contribution < 1.29 is 13.6 Å². The Morgan fingerprint density at radius 3 is 2.58 bits per heavy atom. The van der Waals surface area contributed by atoms with Crippen LogP contribution in [-0.2, 0) is 4.79 Å². The average molecular weight is 173 g/mol. The number of likely N-dealkylation sites (tertiary alicyclic amines) is 1. The molecule has 0 aliphatic carbocycles. The Morgan fingerprint density at radius 2 is 2.17 bits per heavy atom. The first-order valence-electron chi connectivity index (χ1n) is 3.64. The first-order valence-corrected chi connectivity index (χ1v) is 3.64. The molecule has 1 rings (SSSR count). The van der Waals surface area contributed by atoms with E-state index in [4.69, 9.17) is 6.42 Å². The Balaban J connectivity index is 2.25. The highest BCUT2D eigenvalue weighted by Gasteiger charge is 2.45. The Hall–Kier alpha value is -1.11. The summed E-state index contributed by atoms with van der Waals surface area (Å²) >= 11 is 0. The van der Waals surface area contributed by atoms with Gasteiger partial charge in [0.05, 0.1) is 13.1 Å². The maximum atomic E-state index is 12.2. The lowest BCUT2D eigenvalue weighted by atomic mass is 10.1. The van der Waals surface area contributed by atoms with Gasteiger partial charge >= 0.3 is 0 Å². The van der Waals surface area contributed by atoms with Crippen molar-refractivity contribution in [1.29, 1.82) is 0 Å². The van der Waals surface area contributed by atoms with Crippen molar-refractivity contribution in [1.82, 2.24) is 4.90 Å². The maximum absolute atomic E-state index is 12.2. The molecule has 0 unspecified atom stereocenters. The smallest absolute Gasteiger partial charge is 0.282 e. The summed E-state index contributed by atoms with van der Waals surface area (Å²) in [6.45, 7) is -0.896. The van der Waals surface area contributed by atoms with E-state index in [9.17, 15) is 13.6 Å². The number of amides is 1. The molecule has 0 radical (unpaired) electrons. The van der Waals surface area contributed by atoms with Gasteiger partial charge in [0.1, 0.15) is 0 Å². The number of halogens is 2. The second kappa shape index (κ2) is 3.10. The Bertz CT molecular complexity index is 224. The maximum Gasteiger partial charge on any atom is 0.282 e. The van der Waals surface area contributed by atoms with Crippen LogP contribution in [0.3, 0.4) is 0 Å². The van der Waals surface area contributed by atoms with E-state index >= 15 is 0 Å². The molecule has 0 saturated carbocycles. The van der Waals surface area contributed by atoms with E-state index in [2.05, 4.69) is 5.92 Å². The van der Waals surface area contributed by atoms with Crippen LogP contribution in [-0.4, -0.2) is 29.8 Å². The molecule has 1 fully saturated rings. The third kappa shape index (κ3) is 1.94. The molecule has 0 atom stereocenters. The molecule has 1 saturated heterocycles. The fourth-order valence-corrected chi connectivity index (χ4v) is 1.03. The summed E-state index contributed by atoms with van der Waals surface area (Å²) in [4.78, 5) is 12.1. The van der Waals surface area contributed by atoms with E-state index in [0.717, 1.165) is 4.90 Å². The molecule has 0 spiro atoms. The summed E-state index contributed by atoms with van der Waals surface area (Å²) in [6, 6.07) is 0. The number of alkyl halides is 2. The van der Waals surface area contributed by atoms with Crippen LogP contribution in [0.25, 0.3) is 0 Å². The first-order chi connectivity index (χ1) is 5.55. The predicted octanol–water partition coefficient (Wildman–Crippen LogP) is 0.877. The summed E-state index contributed by atoms with van der Waals surface area (Å²) in [5.41, 5.74) is 0. The Morgan fingerprint density at radius 1 is 1.58 bits per heavy atom. The van der Waals surface area contributed by atoms with Crippen LogP contribution in [0.4, 0.5) is 8.78 Å². The van der Waals surface area contributed by atoms with Gasteiger partial charge in [0.15, 0.2) is 0 Å². The van der Waals surface area contributed by atoms with Gasteiger partial charge in [-0.2, -0.15) is 0 Å². The van der Waals surface area contributed by atoms with Gasteiger partial charge in [0.25, 0.3) is 5.92 Å². The third-order valence-corrected chi connectivity index (χ3v) is 1.68.